The third kappa shape index (κ3) is 4.45. The van der Waals surface area contributed by atoms with Crippen LogP contribution in [0.4, 0.5) is 5.69 Å². The first kappa shape index (κ1) is 23.3. The average molecular weight is 472 g/mol. The van der Waals surface area contributed by atoms with Crippen LogP contribution in [-0.4, -0.2) is 31.3 Å². The molecule has 4 aromatic carbocycles. The fourth-order valence-electron chi connectivity index (χ4n) is 4.31. The molecule has 4 rings (SSSR count). The Balaban J connectivity index is 1.93. The summed E-state index contributed by atoms with van der Waals surface area (Å²) in [4.78, 5) is 12.2. The van der Waals surface area contributed by atoms with E-state index in [1.54, 1.807) is 97.1 Å². The molecule has 0 bridgehead atoms. The molecule has 0 amide bonds. The van der Waals surface area contributed by atoms with Crippen molar-refractivity contribution in [3.63, 3.8) is 0 Å². The van der Waals surface area contributed by atoms with Gasteiger partial charge in [0.25, 0.3) is 0 Å². The summed E-state index contributed by atoms with van der Waals surface area (Å²) in [5.74, 6) is -1.86. The van der Waals surface area contributed by atoms with Gasteiger partial charge in [-0.1, -0.05) is 109 Å². The van der Waals surface area contributed by atoms with Crippen LogP contribution in [-0.2, 0) is 19.4 Å². The molecule has 0 saturated carbocycles. The Kier molecular flexibility index (Phi) is 6.80. The van der Waals surface area contributed by atoms with E-state index in [4.69, 9.17) is 0 Å². The van der Waals surface area contributed by atoms with Gasteiger partial charge in [0.2, 0.25) is 0 Å². The molecule has 2 N–H and O–H groups in total. The number of rotatable bonds is 9. The fourth-order valence-corrected chi connectivity index (χ4v) is 6.71. The molecule has 0 unspecified atom stereocenters. The highest BCUT2D eigenvalue weighted by atomic mass is 32.2. The lowest BCUT2D eigenvalue weighted by Crippen LogP contribution is -2.46. The molecule has 0 radical (unpaired) electrons. The minimum Gasteiger partial charge on any atom is -0.480 e. The predicted molar refractivity (Wildman–Crippen MR) is 134 cm³/mol. The number of para-hydroxylation sites is 1. The molecule has 0 heterocycles. The largest absolute Gasteiger partial charge is 0.480 e. The number of sulfone groups is 1. The van der Waals surface area contributed by atoms with Crippen LogP contribution in [0.5, 0.6) is 0 Å². The lowest BCUT2D eigenvalue weighted by atomic mass is 9.84. The molecule has 34 heavy (non-hydrogen) atoms. The maximum absolute atomic E-state index is 14.5. The monoisotopic (exact) mass is 471 g/mol. The Hall–Kier alpha value is -3.90. The third-order valence-corrected chi connectivity index (χ3v) is 8.22. The van der Waals surface area contributed by atoms with E-state index in [0.29, 0.717) is 22.4 Å². The molecule has 0 aliphatic rings. The number of anilines is 1. The standard InChI is InChI=1S/C28H25NO4S/c30-27(31)26(29-25-19-11-4-12-20-25)21-34(32,33)28(22-13-5-1-6-14-22,23-15-7-2-8-16-23)24-17-9-3-10-18-24/h1-20,26,29H,21H2,(H,30,31)/t26-/m0/s1. The van der Waals surface area contributed by atoms with Gasteiger partial charge in [-0.3, -0.25) is 0 Å². The van der Waals surface area contributed by atoms with Crippen LogP contribution < -0.4 is 5.32 Å². The van der Waals surface area contributed by atoms with Crippen molar-refractivity contribution in [2.75, 3.05) is 11.1 Å². The number of aliphatic carboxylic acids is 1. The molecule has 0 saturated heterocycles. The Morgan fingerprint density at radius 3 is 1.38 bits per heavy atom. The van der Waals surface area contributed by atoms with Gasteiger partial charge in [0.15, 0.2) is 9.84 Å². The summed E-state index contributed by atoms with van der Waals surface area (Å²) >= 11 is 0. The molecule has 0 aliphatic carbocycles. The van der Waals surface area contributed by atoms with Gasteiger partial charge in [-0.05, 0) is 28.8 Å². The maximum atomic E-state index is 14.5. The number of hydrogen-bond donors (Lipinski definition) is 2. The Bertz CT molecular complexity index is 1230. The lowest BCUT2D eigenvalue weighted by Gasteiger charge is -2.36. The second-order valence-corrected chi connectivity index (χ2v) is 10.1. The van der Waals surface area contributed by atoms with Crippen molar-refractivity contribution in [1.82, 2.24) is 0 Å². The van der Waals surface area contributed by atoms with E-state index >= 15 is 0 Å². The van der Waals surface area contributed by atoms with Gasteiger partial charge in [-0.15, -0.1) is 0 Å². The second-order valence-electron chi connectivity index (χ2n) is 7.96. The lowest BCUT2D eigenvalue weighted by molar-refractivity contribution is -0.137. The Morgan fingerprint density at radius 1 is 0.676 bits per heavy atom. The van der Waals surface area contributed by atoms with Gasteiger partial charge in [0, 0.05) is 5.69 Å². The molecule has 0 fully saturated rings. The molecule has 1 atom stereocenters. The smallest absolute Gasteiger partial charge is 0.327 e. The number of carboxylic acids is 1. The summed E-state index contributed by atoms with van der Waals surface area (Å²) in [6, 6.07) is 34.3. The van der Waals surface area contributed by atoms with Gasteiger partial charge in [0.1, 0.15) is 10.8 Å². The van der Waals surface area contributed by atoms with Crippen LogP contribution in [0, 0.1) is 0 Å². The highest BCUT2D eigenvalue weighted by Crippen LogP contribution is 2.44. The van der Waals surface area contributed by atoms with Crippen LogP contribution >= 0.6 is 0 Å². The van der Waals surface area contributed by atoms with Crippen molar-refractivity contribution in [2.24, 2.45) is 0 Å². The molecular formula is C28H25NO4S. The summed E-state index contributed by atoms with van der Waals surface area (Å²) < 4.78 is 27.3. The van der Waals surface area contributed by atoms with Gasteiger partial charge in [0.05, 0.1) is 5.75 Å². The number of hydrogen-bond acceptors (Lipinski definition) is 4. The van der Waals surface area contributed by atoms with Crippen molar-refractivity contribution < 1.29 is 18.3 Å². The number of carbonyl (C=O) groups is 1. The molecular weight excluding hydrogens is 446 g/mol. The fraction of sp³-hybridized carbons (Fsp3) is 0.107. The zero-order valence-electron chi connectivity index (χ0n) is 18.4. The predicted octanol–water partition coefficient (Wildman–Crippen LogP) is 4.96. The zero-order chi connectivity index (χ0) is 24.0. The topological polar surface area (TPSA) is 83.5 Å². The van der Waals surface area contributed by atoms with Crippen LogP contribution in [0.15, 0.2) is 121 Å². The van der Waals surface area contributed by atoms with Crippen LogP contribution in [0.3, 0.4) is 0 Å². The summed E-state index contributed by atoms with van der Waals surface area (Å²) in [5.41, 5.74) is 2.19. The van der Waals surface area contributed by atoms with Gasteiger partial charge in [-0.2, -0.15) is 0 Å². The van der Waals surface area contributed by atoms with Gasteiger partial charge < -0.3 is 10.4 Å². The van der Waals surface area contributed by atoms with E-state index in [1.807, 2.05) is 24.3 Å². The van der Waals surface area contributed by atoms with E-state index in [-0.39, 0.29) is 0 Å². The van der Waals surface area contributed by atoms with E-state index in [9.17, 15) is 18.3 Å². The number of nitrogens with one attached hydrogen (secondary N) is 1. The highest BCUT2D eigenvalue weighted by Gasteiger charge is 2.49. The van der Waals surface area contributed by atoms with Crippen molar-refractivity contribution in [3.05, 3.63) is 138 Å². The summed E-state index contributed by atoms with van der Waals surface area (Å²) in [5, 5.41) is 12.8. The zero-order valence-corrected chi connectivity index (χ0v) is 19.2. The first-order chi connectivity index (χ1) is 16.4. The Morgan fingerprint density at radius 2 is 1.03 bits per heavy atom. The normalized spacial score (nSPS) is 12.6. The third-order valence-electron chi connectivity index (χ3n) is 5.81. The first-order valence-corrected chi connectivity index (χ1v) is 12.5. The number of benzene rings is 4. The molecule has 6 heteroatoms. The summed E-state index contributed by atoms with van der Waals surface area (Å²) in [6.45, 7) is 0. The van der Waals surface area contributed by atoms with E-state index in [1.165, 1.54) is 0 Å². The van der Waals surface area contributed by atoms with Gasteiger partial charge >= 0.3 is 5.97 Å². The average Bonchev–Trinajstić information content (AvgIpc) is 2.86. The van der Waals surface area contributed by atoms with Crippen molar-refractivity contribution in [2.45, 2.75) is 10.8 Å². The van der Waals surface area contributed by atoms with E-state index in [0.717, 1.165) is 0 Å². The SMILES string of the molecule is O=C(O)[C@H](CS(=O)(=O)C(c1ccccc1)(c1ccccc1)c1ccccc1)Nc1ccccc1. The molecule has 4 aromatic rings. The molecule has 172 valence electrons. The van der Waals surface area contributed by atoms with E-state index < -0.39 is 32.3 Å². The summed E-state index contributed by atoms with van der Waals surface area (Å²) in [7, 11) is -4.15. The highest BCUT2D eigenvalue weighted by molar-refractivity contribution is 7.92. The quantitative estimate of drug-likeness (QED) is 0.337. The molecule has 0 aliphatic heterocycles. The maximum Gasteiger partial charge on any atom is 0.327 e. The number of carboxylic acid groups (broad SMARTS) is 1. The minimum absolute atomic E-state index is 0.537. The second kappa shape index (κ2) is 9.93. The molecule has 0 spiro atoms. The summed E-state index contributed by atoms with van der Waals surface area (Å²) in [6.07, 6.45) is 0. The van der Waals surface area contributed by atoms with Crippen LogP contribution in [0.2, 0.25) is 0 Å². The minimum atomic E-state index is -4.15. The Labute approximate surface area is 199 Å². The van der Waals surface area contributed by atoms with Gasteiger partial charge in [-0.25, -0.2) is 13.2 Å². The van der Waals surface area contributed by atoms with Crippen molar-refractivity contribution >= 4 is 21.5 Å². The van der Waals surface area contributed by atoms with Crippen molar-refractivity contribution in [1.29, 1.82) is 0 Å². The van der Waals surface area contributed by atoms with Crippen LogP contribution in [0.25, 0.3) is 0 Å². The molecule has 0 aromatic heterocycles. The van der Waals surface area contributed by atoms with Crippen LogP contribution in [0.1, 0.15) is 16.7 Å². The first-order valence-electron chi connectivity index (χ1n) is 10.9. The van der Waals surface area contributed by atoms with Crippen molar-refractivity contribution in [3.8, 4) is 0 Å². The molecule has 5 nitrogen and oxygen atoms in total. The van der Waals surface area contributed by atoms with E-state index in [2.05, 4.69) is 5.32 Å².